The Hall–Kier alpha value is -2.15. The first-order chi connectivity index (χ1) is 14.1. The molecule has 154 valence electrons. The van der Waals surface area contributed by atoms with E-state index < -0.39 is 0 Å². The second-order valence-electron chi connectivity index (χ2n) is 8.00. The zero-order chi connectivity index (χ0) is 20.4. The zero-order valence-electron chi connectivity index (χ0n) is 16.8. The molecule has 0 bridgehead atoms. The number of benzene rings is 1. The number of carbonyl (C=O) groups is 3. The summed E-state index contributed by atoms with van der Waals surface area (Å²) >= 11 is 1.59. The summed E-state index contributed by atoms with van der Waals surface area (Å²) in [5.41, 5.74) is 1.93. The van der Waals surface area contributed by atoms with Gasteiger partial charge in [0, 0.05) is 25.3 Å². The fourth-order valence-electron chi connectivity index (χ4n) is 4.47. The Morgan fingerprint density at radius 3 is 2.48 bits per heavy atom. The summed E-state index contributed by atoms with van der Waals surface area (Å²) in [4.78, 5) is 46.0. The molecule has 0 unspecified atom stereocenters. The monoisotopic (exact) mass is 413 g/mol. The van der Waals surface area contributed by atoms with Crippen LogP contribution in [0.5, 0.6) is 0 Å². The van der Waals surface area contributed by atoms with E-state index in [9.17, 15) is 14.4 Å². The minimum absolute atomic E-state index is 0.0694. The first kappa shape index (κ1) is 20.1. The number of para-hydroxylation sites is 1. The van der Waals surface area contributed by atoms with Crippen LogP contribution in [0.25, 0.3) is 0 Å². The van der Waals surface area contributed by atoms with Crippen molar-refractivity contribution in [3.05, 3.63) is 29.8 Å². The quantitative estimate of drug-likeness (QED) is 0.708. The van der Waals surface area contributed by atoms with Crippen LogP contribution in [0.15, 0.2) is 29.3 Å². The fourth-order valence-corrected chi connectivity index (χ4v) is 5.44. The first-order valence-electron chi connectivity index (χ1n) is 10.5. The van der Waals surface area contributed by atoms with Crippen LogP contribution in [0.4, 0.5) is 5.69 Å². The number of amides is 3. The molecule has 6 nitrogen and oxygen atoms in total. The SMILES string of the molecule is Cc1ccccc1N=C1SCCCN1C(=O)CCN1C(=O)[C@@H]2CCCC[C@H]2C1=O. The third-order valence-electron chi connectivity index (χ3n) is 6.10. The zero-order valence-corrected chi connectivity index (χ0v) is 17.6. The molecule has 1 aromatic carbocycles. The number of nitrogens with zero attached hydrogens (tertiary/aromatic N) is 3. The van der Waals surface area contributed by atoms with Crippen LogP contribution in [0.2, 0.25) is 0 Å². The van der Waals surface area contributed by atoms with Gasteiger partial charge in [0.25, 0.3) is 0 Å². The molecule has 2 saturated heterocycles. The van der Waals surface area contributed by atoms with E-state index in [2.05, 4.69) is 0 Å². The third kappa shape index (κ3) is 4.10. The van der Waals surface area contributed by atoms with Gasteiger partial charge in [-0.3, -0.25) is 24.2 Å². The number of aryl methyl sites for hydroxylation is 1. The van der Waals surface area contributed by atoms with E-state index in [4.69, 9.17) is 4.99 Å². The largest absolute Gasteiger partial charge is 0.291 e. The molecule has 3 amide bonds. The van der Waals surface area contributed by atoms with E-state index in [1.54, 1.807) is 16.7 Å². The van der Waals surface area contributed by atoms with Gasteiger partial charge in [0.15, 0.2) is 5.17 Å². The number of aliphatic imine (C=N–C) groups is 1. The van der Waals surface area contributed by atoms with Gasteiger partial charge in [-0.1, -0.05) is 42.8 Å². The predicted octanol–water partition coefficient (Wildman–Crippen LogP) is 3.51. The van der Waals surface area contributed by atoms with Crippen molar-refractivity contribution in [2.24, 2.45) is 16.8 Å². The van der Waals surface area contributed by atoms with Crippen LogP contribution in [0.3, 0.4) is 0 Å². The van der Waals surface area contributed by atoms with Crippen molar-refractivity contribution in [1.29, 1.82) is 0 Å². The number of imide groups is 1. The number of likely N-dealkylation sites (tertiary alicyclic amines) is 1. The molecule has 1 aromatic rings. The van der Waals surface area contributed by atoms with Crippen LogP contribution < -0.4 is 0 Å². The Labute approximate surface area is 175 Å². The number of hydrogen-bond acceptors (Lipinski definition) is 5. The minimum atomic E-state index is -0.157. The normalized spacial score (nSPS) is 26.2. The number of thioether (sulfide) groups is 1. The summed E-state index contributed by atoms with van der Waals surface area (Å²) in [6.07, 6.45) is 4.69. The maximum atomic E-state index is 13.0. The van der Waals surface area contributed by atoms with Crippen molar-refractivity contribution in [2.45, 2.75) is 45.4 Å². The van der Waals surface area contributed by atoms with Crippen LogP contribution in [0, 0.1) is 18.8 Å². The Morgan fingerprint density at radius 2 is 1.79 bits per heavy atom. The molecule has 3 fully saturated rings. The Balaban J connectivity index is 1.44. The van der Waals surface area contributed by atoms with Crippen molar-refractivity contribution in [3.63, 3.8) is 0 Å². The lowest BCUT2D eigenvalue weighted by atomic mass is 9.81. The Bertz CT molecular complexity index is 829. The van der Waals surface area contributed by atoms with Gasteiger partial charge >= 0.3 is 0 Å². The highest BCUT2D eigenvalue weighted by atomic mass is 32.2. The van der Waals surface area contributed by atoms with E-state index in [-0.39, 0.29) is 42.5 Å². The molecule has 2 aliphatic heterocycles. The molecule has 1 aliphatic carbocycles. The molecule has 4 rings (SSSR count). The number of carbonyl (C=O) groups excluding carboxylic acids is 3. The van der Waals surface area contributed by atoms with E-state index in [1.165, 1.54) is 4.90 Å². The topological polar surface area (TPSA) is 70.1 Å². The van der Waals surface area contributed by atoms with Gasteiger partial charge in [-0.05, 0) is 37.8 Å². The van der Waals surface area contributed by atoms with Crippen molar-refractivity contribution in [2.75, 3.05) is 18.8 Å². The van der Waals surface area contributed by atoms with Gasteiger partial charge in [-0.15, -0.1) is 0 Å². The predicted molar refractivity (Wildman–Crippen MR) is 114 cm³/mol. The molecule has 2 heterocycles. The molecule has 3 aliphatic rings. The molecule has 0 radical (unpaired) electrons. The average Bonchev–Trinajstić information content (AvgIpc) is 2.99. The summed E-state index contributed by atoms with van der Waals surface area (Å²) < 4.78 is 0. The maximum Gasteiger partial charge on any atom is 0.233 e. The van der Waals surface area contributed by atoms with Crippen molar-refractivity contribution in [3.8, 4) is 0 Å². The van der Waals surface area contributed by atoms with Crippen LogP contribution >= 0.6 is 11.8 Å². The maximum absolute atomic E-state index is 13.0. The second-order valence-corrected chi connectivity index (χ2v) is 9.07. The molecular formula is C22H27N3O3S. The summed E-state index contributed by atoms with van der Waals surface area (Å²) in [5.74, 6) is 0.398. The van der Waals surface area contributed by atoms with E-state index in [0.29, 0.717) is 11.7 Å². The van der Waals surface area contributed by atoms with E-state index in [1.807, 2.05) is 31.2 Å². The van der Waals surface area contributed by atoms with Crippen LogP contribution in [0.1, 0.15) is 44.1 Å². The van der Waals surface area contributed by atoms with Crippen LogP contribution in [-0.2, 0) is 14.4 Å². The number of rotatable bonds is 4. The van der Waals surface area contributed by atoms with Gasteiger partial charge < -0.3 is 0 Å². The third-order valence-corrected chi connectivity index (χ3v) is 7.17. The van der Waals surface area contributed by atoms with Crippen molar-refractivity contribution >= 4 is 40.3 Å². The number of hydrogen-bond donors (Lipinski definition) is 0. The van der Waals surface area contributed by atoms with Gasteiger partial charge in [0.2, 0.25) is 17.7 Å². The van der Waals surface area contributed by atoms with E-state index in [0.717, 1.165) is 49.1 Å². The lowest BCUT2D eigenvalue weighted by Gasteiger charge is -2.28. The van der Waals surface area contributed by atoms with Crippen LogP contribution in [-0.4, -0.2) is 51.5 Å². The minimum Gasteiger partial charge on any atom is -0.291 e. The van der Waals surface area contributed by atoms with Crippen molar-refractivity contribution < 1.29 is 14.4 Å². The average molecular weight is 414 g/mol. The Morgan fingerprint density at radius 1 is 1.10 bits per heavy atom. The van der Waals surface area contributed by atoms with Gasteiger partial charge in [0.1, 0.15) is 0 Å². The molecule has 0 aromatic heterocycles. The standard InChI is InChI=1S/C22H27N3O3S/c1-15-7-2-5-10-18(15)23-22-24(12-6-14-29-22)19(26)11-13-25-20(27)16-8-3-4-9-17(16)21(25)28/h2,5,7,10,16-17H,3-4,6,8-9,11-14H2,1H3/t16-,17-/m1/s1. The second kappa shape index (κ2) is 8.69. The van der Waals surface area contributed by atoms with E-state index >= 15 is 0 Å². The lowest BCUT2D eigenvalue weighted by molar-refractivity contribution is -0.140. The molecule has 29 heavy (non-hydrogen) atoms. The molecule has 1 saturated carbocycles. The Kier molecular flexibility index (Phi) is 6.04. The summed E-state index contributed by atoms with van der Waals surface area (Å²) in [5, 5.41) is 0.711. The highest BCUT2D eigenvalue weighted by Gasteiger charge is 2.48. The molecular weight excluding hydrogens is 386 g/mol. The highest BCUT2D eigenvalue weighted by molar-refractivity contribution is 8.13. The molecule has 2 atom stereocenters. The first-order valence-corrected chi connectivity index (χ1v) is 11.5. The number of fused-ring (bicyclic) bond motifs is 1. The molecule has 0 N–H and O–H groups in total. The smallest absolute Gasteiger partial charge is 0.233 e. The van der Waals surface area contributed by atoms with Gasteiger partial charge in [0.05, 0.1) is 17.5 Å². The van der Waals surface area contributed by atoms with Crippen molar-refractivity contribution in [1.82, 2.24) is 9.80 Å². The van der Waals surface area contributed by atoms with Gasteiger partial charge in [-0.2, -0.15) is 0 Å². The molecule has 7 heteroatoms. The fraction of sp³-hybridized carbons (Fsp3) is 0.545. The highest BCUT2D eigenvalue weighted by Crippen LogP contribution is 2.38. The molecule has 0 spiro atoms. The lowest BCUT2D eigenvalue weighted by Crippen LogP contribution is -2.41. The number of amidine groups is 1. The summed E-state index contributed by atoms with van der Waals surface area (Å²) in [6.45, 7) is 2.81. The van der Waals surface area contributed by atoms with Gasteiger partial charge in [-0.25, -0.2) is 4.99 Å². The summed E-state index contributed by atoms with van der Waals surface area (Å²) in [7, 11) is 0. The summed E-state index contributed by atoms with van der Waals surface area (Å²) in [6, 6.07) is 7.86.